The van der Waals surface area contributed by atoms with Gasteiger partial charge >= 0.3 is 0 Å². The molecule has 1 aliphatic heterocycles. The molecule has 1 aromatic rings. The van der Waals surface area contributed by atoms with Crippen LogP contribution in [0.2, 0.25) is 0 Å². The Morgan fingerprint density at radius 1 is 1.25 bits per heavy atom. The molecule has 1 aliphatic rings. The summed E-state index contributed by atoms with van der Waals surface area (Å²) in [7, 11) is 0. The Bertz CT molecular complexity index is 750. The van der Waals surface area contributed by atoms with Crippen LogP contribution in [0.3, 0.4) is 0 Å². The summed E-state index contributed by atoms with van der Waals surface area (Å²) in [5, 5.41) is 20.5. The first-order valence-corrected chi connectivity index (χ1v) is 8.70. The molecule has 4 N–H and O–H groups in total. The molecule has 2 atom stereocenters. The van der Waals surface area contributed by atoms with E-state index in [0.717, 1.165) is 12.8 Å². The fourth-order valence-corrected chi connectivity index (χ4v) is 2.61. The third kappa shape index (κ3) is 5.48. The number of rotatable bonds is 5. The van der Waals surface area contributed by atoms with Gasteiger partial charge in [-0.3, -0.25) is 14.8 Å². The van der Waals surface area contributed by atoms with Crippen molar-refractivity contribution in [2.75, 3.05) is 13.2 Å². The second-order valence-electron chi connectivity index (χ2n) is 6.64. The van der Waals surface area contributed by atoms with Crippen molar-refractivity contribution >= 4 is 11.8 Å². The predicted octanol–water partition coefficient (Wildman–Crippen LogP) is 1.08. The number of nitrogens with one attached hydrogen (secondary N) is 2. The van der Waals surface area contributed by atoms with E-state index in [0.29, 0.717) is 25.7 Å². The molecule has 1 aromatic carbocycles. The van der Waals surface area contributed by atoms with Gasteiger partial charge < -0.3 is 15.2 Å². The second kappa shape index (κ2) is 9.59. The lowest BCUT2D eigenvalue weighted by molar-refractivity contribution is -0.149. The molecular weight excluding hydrogens is 374 g/mol. The standard InChI is InChI=1S/C19H22F2N2O5/c1-19(26,18(20)21)15(17(25)23-27)22-16(24)14-6-4-12(5-7-14)2-3-13-8-10-28-11-9-13/h4-7,13,15,18,26-27H,8-11H2,1H3,(H,22,24)(H,23,25)/t15-,19+/m1/s1. The minimum absolute atomic E-state index is 0.0809. The van der Waals surface area contributed by atoms with E-state index >= 15 is 0 Å². The smallest absolute Gasteiger partial charge is 0.269 e. The molecule has 0 radical (unpaired) electrons. The number of hydrogen-bond donors (Lipinski definition) is 4. The predicted molar refractivity (Wildman–Crippen MR) is 94.7 cm³/mol. The lowest BCUT2D eigenvalue weighted by Gasteiger charge is -2.30. The lowest BCUT2D eigenvalue weighted by Crippen LogP contribution is -2.61. The van der Waals surface area contributed by atoms with Gasteiger partial charge in [-0.2, -0.15) is 0 Å². The average molecular weight is 396 g/mol. The Labute approximate surface area is 161 Å². The van der Waals surface area contributed by atoms with Crippen molar-refractivity contribution in [2.45, 2.75) is 37.8 Å². The lowest BCUT2D eigenvalue weighted by atomic mass is 9.95. The Hall–Kier alpha value is -2.54. The molecule has 152 valence electrons. The van der Waals surface area contributed by atoms with E-state index in [1.165, 1.54) is 17.6 Å². The Balaban J connectivity index is 2.08. The van der Waals surface area contributed by atoms with Crippen LogP contribution in [0.4, 0.5) is 8.78 Å². The first kappa shape index (κ1) is 21.8. The third-order valence-electron chi connectivity index (χ3n) is 4.46. The summed E-state index contributed by atoms with van der Waals surface area (Å²) in [5.41, 5.74) is -0.957. The van der Waals surface area contributed by atoms with Gasteiger partial charge in [0, 0.05) is 30.3 Å². The molecule has 2 amide bonds. The maximum absolute atomic E-state index is 13.0. The van der Waals surface area contributed by atoms with Gasteiger partial charge in [0.1, 0.15) is 6.04 Å². The fourth-order valence-electron chi connectivity index (χ4n) is 2.61. The zero-order chi connectivity index (χ0) is 20.7. The monoisotopic (exact) mass is 396 g/mol. The van der Waals surface area contributed by atoms with Gasteiger partial charge in [0.05, 0.1) is 0 Å². The van der Waals surface area contributed by atoms with Gasteiger partial charge in [0.25, 0.3) is 18.2 Å². The molecule has 2 rings (SSSR count). The molecule has 1 saturated heterocycles. The first-order valence-electron chi connectivity index (χ1n) is 8.70. The molecule has 1 heterocycles. The number of ether oxygens (including phenoxy) is 1. The van der Waals surface area contributed by atoms with E-state index in [2.05, 4.69) is 11.8 Å². The fraction of sp³-hybridized carbons (Fsp3) is 0.474. The number of hydroxylamine groups is 1. The number of amides is 2. The summed E-state index contributed by atoms with van der Waals surface area (Å²) < 4.78 is 31.3. The largest absolute Gasteiger partial charge is 0.381 e. The zero-order valence-corrected chi connectivity index (χ0v) is 15.2. The summed E-state index contributed by atoms with van der Waals surface area (Å²) in [6, 6.07) is 3.97. The van der Waals surface area contributed by atoms with E-state index in [4.69, 9.17) is 9.94 Å². The van der Waals surface area contributed by atoms with Crippen molar-refractivity contribution in [3.05, 3.63) is 35.4 Å². The molecule has 1 fully saturated rings. The van der Waals surface area contributed by atoms with Crippen LogP contribution in [0.25, 0.3) is 0 Å². The van der Waals surface area contributed by atoms with Crippen molar-refractivity contribution in [3.8, 4) is 11.8 Å². The summed E-state index contributed by atoms with van der Waals surface area (Å²) in [5.74, 6) is 4.19. The van der Waals surface area contributed by atoms with Crippen LogP contribution in [0.15, 0.2) is 24.3 Å². The Kier molecular flexibility index (Phi) is 7.45. The molecule has 9 heteroatoms. The van der Waals surface area contributed by atoms with Crippen LogP contribution >= 0.6 is 0 Å². The van der Waals surface area contributed by atoms with Gasteiger partial charge in [-0.05, 0) is 44.0 Å². The quantitative estimate of drug-likeness (QED) is 0.339. The number of hydrogen-bond acceptors (Lipinski definition) is 5. The summed E-state index contributed by atoms with van der Waals surface area (Å²) in [4.78, 5) is 23.9. The minimum Gasteiger partial charge on any atom is -0.381 e. The van der Waals surface area contributed by atoms with Crippen LogP contribution in [-0.4, -0.2) is 53.4 Å². The number of carbonyl (C=O) groups excluding carboxylic acids is 2. The van der Waals surface area contributed by atoms with Gasteiger partial charge in [0.2, 0.25) is 0 Å². The van der Waals surface area contributed by atoms with Crippen molar-refractivity contribution in [1.82, 2.24) is 10.8 Å². The Morgan fingerprint density at radius 3 is 2.39 bits per heavy atom. The number of halogens is 2. The molecule has 0 unspecified atom stereocenters. The van der Waals surface area contributed by atoms with Crippen molar-refractivity contribution in [3.63, 3.8) is 0 Å². The molecular formula is C19H22F2N2O5. The van der Waals surface area contributed by atoms with Crippen LogP contribution in [0.5, 0.6) is 0 Å². The van der Waals surface area contributed by atoms with Crippen molar-refractivity contribution < 1.29 is 33.4 Å². The summed E-state index contributed by atoms with van der Waals surface area (Å²) >= 11 is 0. The summed E-state index contributed by atoms with van der Waals surface area (Å²) in [6.07, 6.45) is -1.60. The SMILES string of the molecule is C[C@@](O)(C(F)F)[C@H](NC(=O)c1ccc(C#CC2CCOCC2)cc1)C(=O)NO. The highest BCUT2D eigenvalue weighted by molar-refractivity contribution is 5.97. The molecule has 0 aromatic heterocycles. The highest BCUT2D eigenvalue weighted by Crippen LogP contribution is 2.20. The number of alkyl halides is 2. The maximum Gasteiger partial charge on any atom is 0.269 e. The summed E-state index contributed by atoms with van der Waals surface area (Å²) in [6.45, 7) is 2.06. The van der Waals surface area contributed by atoms with Crippen molar-refractivity contribution in [1.29, 1.82) is 0 Å². The molecule has 0 saturated carbocycles. The second-order valence-corrected chi connectivity index (χ2v) is 6.64. The average Bonchev–Trinajstić information content (AvgIpc) is 2.70. The topological polar surface area (TPSA) is 108 Å². The molecule has 7 nitrogen and oxygen atoms in total. The van der Waals surface area contributed by atoms with E-state index in [9.17, 15) is 23.5 Å². The zero-order valence-electron chi connectivity index (χ0n) is 15.2. The first-order chi connectivity index (χ1) is 13.3. The van der Waals surface area contributed by atoms with Gasteiger partial charge in [-0.15, -0.1) is 0 Å². The molecule has 0 aliphatic carbocycles. The number of carbonyl (C=O) groups is 2. The normalized spacial score (nSPS) is 17.8. The van der Waals surface area contributed by atoms with Crippen molar-refractivity contribution in [2.24, 2.45) is 5.92 Å². The van der Waals surface area contributed by atoms with Crippen LogP contribution in [0, 0.1) is 17.8 Å². The van der Waals surface area contributed by atoms with Crippen LogP contribution < -0.4 is 10.8 Å². The van der Waals surface area contributed by atoms with Crippen LogP contribution in [-0.2, 0) is 9.53 Å². The van der Waals surface area contributed by atoms with Gasteiger partial charge in [-0.1, -0.05) is 11.8 Å². The van der Waals surface area contributed by atoms with E-state index in [1.54, 1.807) is 12.1 Å². The Morgan fingerprint density at radius 2 is 1.86 bits per heavy atom. The number of benzene rings is 1. The minimum atomic E-state index is -3.34. The van der Waals surface area contributed by atoms with Gasteiger partial charge in [-0.25, -0.2) is 14.3 Å². The highest BCUT2D eigenvalue weighted by Gasteiger charge is 2.46. The van der Waals surface area contributed by atoms with Crippen LogP contribution in [0.1, 0.15) is 35.7 Å². The van der Waals surface area contributed by atoms with E-state index in [-0.39, 0.29) is 11.5 Å². The van der Waals surface area contributed by atoms with Gasteiger partial charge in [0.15, 0.2) is 5.60 Å². The molecule has 28 heavy (non-hydrogen) atoms. The maximum atomic E-state index is 13.0. The van der Waals surface area contributed by atoms with E-state index < -0.39 is 29.9 Å². The highest BCUT2D eigenvalue weighted by atomic mass is 19.3. The third-order valence-corrected chi connectivity index (χ3v) is 4.46. The molecule has 0 bridgehead atoms. The van der Waals surface area contributed by atoms with E-state index in [1.807, 2.05) is 5.32 Å². The number of aliphatic hydroxyl groups is 1. The molecule has 0 spiro atoms.